The number of aliphatic carboxylic acids is 1. The van der Waals surface area contributed by atoms with Crippen molar-refractivity contribution in [1.29, 1.82) is 0 Å². The molecule has 0 aromatic heterocycles. The molecule has 192 valence electrons. The molecule has 0 aliphatic rings. The molecule has 0 aromatic carbocycles. The van der Waals surface area contributed by atoms with Gasteiger partial charge in [-0.25, -0.2) is 4.79 Å². The number of thioether (sulfide) groups is 1. The topological polar surface area (TPSA) is 203 Å². The van der Waals surface area contributed by atoms with Crippen LogP contribution in [-0.2, 0) is 19.2 Å². The number of rotatable bonds is 19. The van der Waals surface area contributed by atoms with Gasteiger partial charge in [-0.05, 0) is 63.6 Å². The first-order chi connectivity index (χ1) is 15.7. The lowest BCUT2D eigenvalue weighted by Crippen LogP contribution is -2.57. The maximum atomic E-state index is 13.0. The summed E-state index contributed by atoms with van der Waals surface area (Å²) >= 11 is 5.43. The Morgan fingerprint density at radius 3 is 1.79 bits per heavy atom. The minimum absolute atomic E-state index is 0.0932. The molecule has 13 heteroatoms. The Hall–Kier alpha value is -1.54. The lowest BCUT2D eigenvalue weighted by Gasteiger charge is -2.25. The van der Waals surface area contributed by atoms with Gasteiger partial charge in [-0.1, -0.05) is 6.42 Å². The van der Waals surface area contributed by atoms with Crippen molar-refractivity contribution in [3.05, 3.63) is 0 Å². The van der Waals surface area contributed by atoms with Crippen molar-refractivity contribution in [2.75, 3.05) is 30.9 Å². The summed E-state index contributed by atoms with van der Waals surface area (Å²) in [6, 6.07) is -3.81. The first kappa shape index (κ1) is 31.5. The molecule has 0 aliphatic heterocycles. The van der Waals surface area contributed by atoms with Crippen LogP contribution in [0.2, 0.25) is 0 Å². The molecule has 11 nitrogen and oxygen atoms in total. The molecule has 4 unspecified atom stereocenters. The third-order valence-corrected chi connectivity index (χ3v) is 5.94. The van der Waals surface area contributed by atoms with Crippen molar-refractivity contribution in [1.82, 2.24) is 16.0 Å². The molecule has 4 atom stereocenters. The molecule has 0 bridgehead atoms. The number of nitrogens with two attached hydrogens (primary N) is 3. The van der Waals surface area contributed by atoms with Crippen LogP contribution in [-0.4, -0.2) is 83.8 Å². The average Bonchev–Trinajstić information content (AvgIpc) is 2.78. The van der Waals surface area contributed by atoms with Crippen molar-refractivity contribution in [3.8, 4) is 0 Å². The Labute approximate surface area is 205 Å². The molecule has 0 aliphatic carbocycles. The van der Waals surface area contributed by atoms with E-state index < -0.39 is 47.9 Å². The maximum Gasteiger partial charge on any atom is 0.327 e. The van der Waals surface area contributed by atoms with Crippen LogP contribution in [0, 0.1) is 0 Å². The number of unbranched alkanes of at least 4 members (excludes halogenated alkanes) is 2. The maximum absolute atomic E-state index is 13.0. The summed E-state index contributed by atoms with van der Waals surface area (Å²) in [4.78, 5) is 49.4. The van der Waals surface area contributed by atoms with Gasteiger partial charge in [0, 0.05) is 5.75 Å². The normalized spacial score (nSPS) is 14.6. The quantitative estimate of drug-likeness (QED) is 0.0778. The molecule has 0 fully saturated rings. The zero-order chi connectivity index (χ0) is 25.2. The number of hydrogen-bond donors (Lipinski definition) is 8. The van der Waals surface area contributed by atoms with Crippen LogP contribution in [0.25, 0.3) is 0 Å². The van der Waals surface area contributed by atoms with Gasteiger partial charge in [-0.15, -0.1) is 0 Å². The van der Waals surface area contributed by atoms with Crippen molar-refractivity contribution in [2.24, 2.45) is 17.2 Å². The molecular formula is C20H40N6O5S2. The fourth-order valence-electron chi connectivity index (χ4n) is 2.91. The van der Waals surface area contributed by atoms with Gasteiger partial charge in [0.25, 0.3) is 0 Å². The van der Waals surface area contributed by atoms with Crippen LogP contribution >= 0.6 is 24.4 Å². The van der Waals surface area contributed by atoms with E-state index in [1.54, 1.807) is 0 Å². The summed E-state index contributed by atoms with van der Waals surface area (Å²) in [5, 5.41) is 16.9. The Morgan fingerprint density at radius 1 is 0.818 bits per heavy atom. The minimum atomic E-state index is -1.22. The Balaban J connectivity index is 5.29. The Morgan fingerprint density at radius 2 is 1.30 bits per heavy atom. The van der Waals surface area contributed by atoms with E-state index in [0.717, 1.165) is 6.42 Å². The minimum Gasteiger partial charge on any atom is -0.480 e. The number of carbonyl (C=O) groups is 4. The van der Waals surface area contributed by atoms with Gasteiger partial charge >= 0.3 is 5.97 Å². The SMILES string of the molecule is CSCCC(NC(=O)C(CCCCN)NC(=O)C(N)CCCCN)C(=O)NC(CS)C(=O)O. The predicted octanol–water partition coefficient (Wildman–Crippen LogP) is -1.21. The number of carboxylic acids is 1. The summed E-state index contributed by atoms with van der Waals surface area (Å²) in [5.41, 5.74) is 16.9. The van der Waals surface area contributed by atoms with Gasteiger partial charge in [0.1, 0.15) is 18.1 Å². The van der Waals surface area contributed by atoms with Crippen LogP contribution in [0.4, 0.5) is 0 Å². The van der Waals surface area contributed by atoms with E-state index in [1.807, 2.05) is 6.26 Å². The molecule has 0 saturated heterocycles. The van der Waals surface area contributed by atoms with Gasteiger partial charge in [-0.3, -0.25) is 14.4 Å². The van der Waals surface area contributed by atoms with E-state index in [2.05, 4.69) is 28.6 Å². The number of thiol groups is 1. The molecule has 0 radical (unpaired) electrons. The molecular weight excluding hydrogens is 468 g/mol. The predicted molar refractivity (Wildman–Crippen MR) is 134 cm³/mol. The van der Waals surface area contributed by atoms with E-state index in [9.17, 15) is 19.2 Å². The van der Waals surface area contributed by atoms with Crippen molar-refractivity contribution in [3.63, 3.8) is 0 Å². The van der Waals surface area contributed by atoms with Gasteiger partial charge in [0.2, 0.25) is 17.7 Å². The molecule has 0 rings (SSSR count). The van der Waals surface area contributed by atoms with Crippen LogP contribution in [0.3, 0.4) is 0 Å². The summed E-state index contributed by atoms with van der Waals surface area (Å²) in [5.74, 6) is -2.36. The average molecular weight is 509 g/mol. The fourth-order valence-corrected chi connectivity index (χ4v) is 3.63. The standard InChI is InChI=1S/C20H40N6O5S2/c1-33-11-8-15(19(29)26-16(12-32)20(30)31)25-18(28)14(7-3-5-10-22)24-17(27)13(23)6-2-4-9-21/h13-16,32H,2-12,21-23H2,1H3,(H,24,27)(H,25,28)(H,26,29)(H,30,31). The van der Waals surface area contributed by atoms with Gasteiger partial charge < -0.3 is 38.3 Å². The van der Waals surface area contributed by atoms with Crippen LogP contribution in [0.15, 0.2) is 0 Å². The van der Waals surface area contributed by atoms with E-state index in [0.29, 0.717) is 57.4 Å². The van der Waals surface area contributed by atoms with E-state index in [-0.39, 0.29) is 5.75 Å². The Bertz CT molecular complexity index is 613. The highest BCUT2D eigenvalue weighted by atomic mass is 32.2. The van der Waals surface area contributed by atoms with E-state index >= 15 is 0 Å². The second kappa shape index (κ2) is 18.8. The first-order valence-electron chi connectivity index (χ1n) is 11.1. The van der Waals surface area contributed by atoms with Crippen LogP contribution < -0.4 is 33.2 Å². The second-order valence-corrected chi connectivity index (χ2v) is 9.01. The van der Waals surface area contributed by atoms with Gasteiger partial charge in [0.05, 0.1) is 6.04 Å². The molecule has 3 amide bonds. The number of hydrogen-bond acceptors (Lipinski definition) is 9. The monoisotopic (exact) mass is 508 g/mol. The van der Waals surface area contributed by atoms with Crippen molar-refractivity contribution < 1.29 is 24.3 Å². The number of amides is 3. The lowest BCUT2D eigenvalue weighted by molar-refractivity contribution is -0.141. The highest BCUT2D eigenvalue weighted by Crippen LogP contribution is 2.07. The lowest BCUT2D eigenvalue weighted by atomic mass is 10.1. The third kappa shape index (κ3) is 13.7. The highest BCUT2D eigenvalue weighted by molar-refractivity contribution is 7.98. The van der Waals surface area contributed by atoms with Gasteiger partial charge in [0.15, 0.2) is 0 Å². The van der Waals surface area contributed by atoms with Crippen LogP contribution in [0.1, 0.15) is 44.9 Å². The van der Waals surface area contributed by atoms with E-state index in [4.69, 9.17) is 22.3 Å². The Kier molecular flexibility index (Phi) is 18.0. The number of carbonyl (C=O) groups excluding carboxylic acids is 3. The molecule has 0 aromatic rings. The highest BCUT2D eigenvalue weighted by Gasteiger charge is 2.29. The molecule has 33 heavy (non-hydrogen) atoms. The zero-order valence-electron chi connectivity index (χ0n) is 19.3. The molecule has 0 heterocycles. The molecule has 0 spiro atoms. The molecule has 0 saturated carbocycles. The van der Waals surface area contributed by atoms with Crippen LogP contribution in [0.5, 0.6) is 0 Å². The van der Waals surface area contributed by atoms with Gasteiger partial charge in [-0.2, -0.15) is 24.4 Å². The van der Waals surface area contributed by atoms with E-state index in [1.165, 1.54) is 11.8 Å². The summed E-state index contributed by atoms with van der Waals surface area (Å²) < 4.78 is 0. The summed E-state index contributed by atoms with van der Waals surface area (Å²) in [6.07, 6.45) is 5.63. The first-order valence-corrected chi connectivity index (χ1v) is 13.1. The van der Waals surface area contributed by atoms with Crippen molar-refractivity contribution in [2.45, 2.75) is 69.1 Å². The second-order valence-electron chi connectivity index (χ2n) is 7.66. The summed E-state index contributed by atoms with van der Waals surface area (Å²) in [7, 11) is 0. The fraction of sp³-hybridized carbons (Fsp3) is 0.800. The number of carboxylic acid groups (broad SMARTS) is 1. The third-order valence-electron chi connectivity index (χ3n) is 4.93. The zero-order valence-corrected chi connectivity index (χ0v) is 21.0. The summed E-state index contributed by atoms with van der Waals surface area (Å²) in [6.45, 7) is 0.952. The largest absolute Gasteiger partial charge is 0.480 e. The number of nitrogens with one attached hydrogen (secondary N) is 3. The molecule has 10 N–H and O–H groups in total. The van der Waals surface area contributed by atoms with Crippen molar-refractivity contribution >= 4 is 48.1 Å². The smallest absolute Gasteiger partial charge is 0.327 e.